The molecule has 33 heavy (non-hydrogen) atoms. The van der Waals surface area contributed by atoms with Gasteiger partial charge in [0.05, 0.1) is 24.0 Å². The third kappa shape index (κ3) is 3.46. The van der Waals surface area contributed by atoms with E-state index in [9.17, 15) is 9.18 Å². The van der Waals surface area contributed by atoms with Gasteiger partial charge in [-0.2, -0.15) is 5.10 Å². The van der Waals surface area contributed by atoms with Crippen LogP contribution in [0.25, 0.3) is 33.9 Å². The number of hydrogen-bond donors (Lipinski definition) is 0. The highest BCUT2D eigenvalue weighted by molar-refractivity contribution is 7.03. The van der Waals surface area contributed by atoms with Crippen LogP contribution in [0.15, 0.2) is 72.4 Å². The van der Waals surface area contributed by atoms with Crippen LogP contribution in [0, 0.1) is 5.82 Å². The first-order valence-corrected chi connectivity index (χ1v) is 10.9. The molecule has 0 atom stereocenters. The van der Waals surface area contributed by atoms with Crippen molar-refractivity contribution in [1.29, 1.82) is 0 Å². The molecular weight excluding hydrogens is 441 g/mol. The van der Waals surface area contributed by atoms with Gasteiger partial charge in [0.1, 0.15) is 28.5 Å². The molecule has 0 spiro atoms. The van der Waals surface area contributed by atoms with Crippen LogP contribution in [0.4, 0.5) is 4.39 Å². The van der Waals surface area contributed by atoms with Crippen molar-refractivity contribution in [2.24, 2.45) is 0 Å². The largest absolute Gasteiger partial charge is 0.298 e. The van der Waals surface area contributed by atoms with Gasteiger partial charge in [-0.15, -0.1) is 5.10 Å². The summed E-state index contributed by atoms with van der Waals surface area (Å²) >= 11 is 1.14. The Labute approximate surface area is 190 Å². The first-order valence-electron chi connectivity index (χ1n) is 10.0. The van der Waals surface area contributed by atoms with E-state index in [1.54, 1.807) is 28.2 Å². The number of carbonyl (C=O) groups excluding carboxylic acids is 1. The number of fused-ring (bicyclic) bond motifs is 2. The molecular formula is C23H14FN7OS. The molecule has 5 aromatic heterocycles. The minimum atomic E-state index is -0.308. The van der Waals surface area contributed by atoms with Gasteiger partial charge in [-0.3, -0.25) is 9.20 Å². The quantitative estimate of drug-likeness (QED) is 0.363. The minimum absolute atomic E-state index is 0.112. The number of imidazole rings is 2. The fourth-order valence-corrected chi connectivity index (χ4v) is 4.19. The second kappa shape index (κ2) is 7.68. The molecule has 0 bridgehead atoms. The van der Waals surface area contributed by atoms with Crippen LogP contribution in [-0.4, -0.2) is 39.4 Å². The number of ketones is 1. The number of hydrogen-bond acceptors (Lipinski definition) is 7. The molecule has 1 aromatic carbocycles. The number of nitrogens with zero attached hydrogens (tertiary/aromatic N) is 7. The van der Waals surface area contributed by atoms with Crippen LogP contribution in [0.5, 0.6) is 0 Å². The molecule has 8 nitrogen and oxygen atoms in total. The zero-order chi connectivity index (χ0) is 22.4. The van der Waals surface area contributed by atoms with Crippen molar-refractivity contribution >= 4 is 28.6 Å². The highest BCUT2D eigenvalue weighted by atomic mass is 32.1. The average molecular weight is 455 g/mol. The maximum Gasteiger partial charge on any atom is 0.189 e. The number of benzene rings is 1. The molecule has 0 aliphatic rings. The number of carbonyl (C=O) groups is 1. The lowest BCUT2D eigenvalue weighted by Gasteiger charge is -2.05. The standard InChI is InChI=1S/C23H14FN7OS/c24-15-6-4-14(5-7-15)22-23(30-10-2-1-3-20(30)26-22)17-8-9-21-25-16(12-31(21)28-17)11-19(32)18-13-33-29-27-18/h1-10,12-13H,11H2. The Morgan fingerprint density at radius 1 is 1.00 bits per heavy atom. The monoisotopic (exact) mass is 455 g/mol. The van der Waals surface area contributed by atoms with Crippen molar-refractivity contribution in [1.82, 2.24) is 33.6 Å². The van der Waals surface area contributed by atoms with E-state index in [1.807, 2.05) is 40.9 Å². The predicted octanol–water partition coefficient (Wildman–Crippen LogP) is 4.13. The van der Waals surface area contributed by atoms with Gasteiger partial charge in [-0.05, 0) is 60.1 Å². The molecule has 0 aliphatic carbocycles. The molecule has 0 saturated heterocycles. The van der Waals surface area contributed by atoms with Crippen LogP contribution in [0.1, 0.15) is 16.2 Å². The molecule has 0 fully saturated rings. The predicted molar refractivity (Wildman–Crippen MR) is 121 cm³/mol. The van der Waals surface area contributed by atoms with Crippen LogP contribution >= 0.6 is 11.5 Å². The first kappa shape index (κ1) is 19.4. The Kier molecular flexibility index (Phi) is 4.51. The van der Waals surface area contributed by atoms with Gasteiger partial charge >= 0.3 is 0 Å². The van der Waals surface area contributed by atoms with E-state index >= 15 is 0 Å². The number of Topliss-reactive ketones (excluding diaryl/α,β-unsaturated/α-hetero) is 1. The van der Waals surface area contributed by atoms with Crippen LogP contribution in [0.3, 0.4) is 0 Å². The summed E-state index contributed by atoms with van der Waals surface area (Å²) in [4.78, 5) is 21.6. The SMILES string of the molecule is O=C(Cc1cn2nc(-c3c(-c4ccc(F)cc4)nc4ccccn34)ccc2n1)c1csnn1. The Morgan fingerprint density at radius 2 is 1.88 bits per heavy atom. The lowest BCUT2D eigenvalue weighted by molar-refractivity contribution is 0.0987. The summed E-state index contributed by atoms with van der Waals surface area (Å²) in [6.45, 7) is 0. The van der Waals surface area contributed by atoms with E-state index in [0.29, 0.717) is 28.4 Å². The van der Waals surface area contributed by atoms with E-state index in [1.165, 1.54) is 12.1 Å². The van der Waals surface area contributed by atoms with Crippen LogP contribution in [0.2, 0.25) is 0 Å². The Balaban J connectivity index is 1.45. The molecule has 0 saturated carbocycles. The van der Waals surface area contributed by atoms with E-state index in [0.717, 1.165) is 28.4 Å². The maximum absolute atomic E-state index is 13.5. The summed E-state index contributed by atoms with van der Waals surface area (Å²) in [5.41, 5.74) is 5.22. The van der Waals surface area contributed by atoms with E-state index < -0.39 is 0 Å². The molecule has 0 amide bonds. The summed E-state index contributed by atoms with van der Waals surface area (Å²) in [6, 6.07) is 15.7. The van der Waals surface area contributed by atoms with Crippen molar-refractivity contribution in [3.63, 3.8) is 0 Å². The van der Waals surface area contributed by atoms with E-state index in [-0.39, 0.29) is 18.0 Å². The molecule has 0 unspecified atom stereocenters. The van der Waals surface area contributed by atoms with E-state index in [2.05, 4.69) is 14.6 Å². The summed E-state index contributed by atoms with van der Waals surface area (Å²) < 4.78 is 20.8. The van der Waals surface area contributed by atoms with Gasteiger partial charge in [-0.25, -0.2) is 18.9 Å². The van der Waals surface area contributed by atoms with Gasteiger partial charge in [-0.1, -0.05) is 10.6 Å². The van der Waals surface area contributed by atoms with Crippen molar-refractivity contribution in [3.8, 4) is 22.6 Å². The summed E-state index contributed by atoms with van der Waals surface area (Å²) in [5, 5.41) is 10.2. The van der Waals surface area contributed by atoms with Crippen molar-refractivity contribution in [3.05, 3.63) is 89.6 Å². The van der Waals surface area contributed by atoms with Gasteiger partial charge < -0.3 is 0 Å². The molecule has 6 rings (SSSR count). The van der Waals surface area contributed by atoms with Gasteiger partial charge in [0.25, 0.3) is 0 Å². The number of halogens is 1. The van der Waals surface area contributed by atoms with Gasteiger partial charge in [0.15, 0.2) is 11.4 Å². The Bertz CT molecular complexity index is 1620. The number of rotatable bonds is 5. The van der Waals surface area contributed by atoms with Crippen LogP contribution in [-0.2, 0) is 6.42 Å². The Hall–Kier alpha value is -4.31. The normalized spacial score (nSPS) is 11.4. The zero-order valence-electron chi connectivity index (χ0n) is 17.0. The van der Waals surface area contributed by atoms with Gasteiger partial charge in [0.2, 0.25) is 0 Å². The third-order valence-corrected chi connectivity index (χ3v) is 5.75. The second-order valence-corrected chi connectivity index (χ2v) is 8.00. The molecule has 10 heteroatoms. The highest BCUT2D eigenvalue weighted by Crippen LogP contribution is 2.32. The molecule has 160 valence electrons. The second-order valence-electron chi connectivity index (χ2n) is 7.39. The van der Waals surface area contributed by atoms with Crippen molar-refractivity contribution in [2.45, 2.75) is 6.42 Å². The van der Waals surface area contributed by atoms with Gasteiger partial charge in [0, 0.05) is 17.1 Å². The molecule has 0 N–H and O–H groups in total. The van der Waals surface area contributed by atoms with Crippen molar-refractivity contribution in [2.75, 3.05) is 0 Å². The third-order valence-electron chi connectivity index (χ3n) is 5.25. The Morgan fingerprint density at radius 3 is 2.70 bits per heavy atom. The minimum Gasteiger partial charge on any atom is -0.298 e. The van der Waals surface area contributed by atoms with E-state index in [4.69, 9.17) is 10.1 Å². The molecule has 0 radical (unpaired) electrons. The van der Waals surface area contributed by atoms with Crippen LogP contribution < -0.4 is 0 Å². The smallest absolute Gasteiger partial charge is 0.189 e. The summed E-state index contributed by atoms with van der Waals surface area (Å²) in [7, 11) is 0. The lowest BCUT2D eigenvalue weighted by Crippen LogP contribution is -2.04. The summed E-state index contributed by atoms with van der Waals surface area (Å²) in [5.74, 6) is -0.453. The molecule has 5 heterocycles. The molecule has 0 aliphatic heterocycles. The fourth-order valence-electron chi connectivity index (χ4n) is 3.73. The first-order chi connectivity index (χ1) is 16.2. The molecule has 6 aromatic rings. The lowest BCUT2D eigenvalue weighted by atomic mass is 10.1. The number of aromatic nitrogens is 7. The topological polar surface area (TPSA) is 90.3 Å². The maximum atomic E-state index is 13.5. The average Bonchev–Trinajstić information content (AvgIpc) is 3.57. The van der Waals surface area contributed by atoms with Crippen molar-refractivity contribution < 1.29 is 9.18 Å². The fraction of sp³-hybridized carbons (Fsp3) is 0.0435. The summed E-state index contributed by atoms with van der Waals surface area (Å²) in [6.07, 6.45) is 3.76. The number of pyridine rings is 1. The zero-order valence-corrected chi connectivity index (χ0v) is 17.8. The highest BCUT2D eigenvalue weighted by Gasteiger charge is 2.19.